The highest BCUT2D eigenvalue weighted by Crippen LogP contribution is 2.29. The Kier molecular flexibility index (Phi) is 6.72. The van der Waals surface area contributed by atoms with E-state index in [1.807, 2.05) is 19.2 Å². The van der Waals surface area contributed by atoms with Crippen LogP contribution in [0, 0.1) is 5.92 Å². The van der Waals surface area contributed by atoms with E-state index in [4.69, 9.17) is 4.74 Å². The van der Waals surface area contributed by atoms with Crippen molar-refractivity contribution in [2.45, 2.75) is 64.5 Å². The van der Waals surface area contributed by atoms with Crippen molar-refractivity contribution < 1.29 is 14.6 Å². The maximum Gasteiger partial charge on any atom is 0.306 e. The van der Waals surface area contributed by atoms with Gasteiger partial charge < -0.3 is 9.84 Å². The van der Waals surface area contributed by atoms with Crippen molar-refractivity contribution in [3.8, 4) is 17.1 Å². The van der Waals surface area contributed by atoms with Crippen molar-refractivity contribution >= 4 is 5.97 Å². The Morgan fingerprint density at radius 1 is 1.25 bits per heavy atom. The minimum absolute atomic E-state index is 0.106. The molecule has 11 heteroatoms. The third-order valence-electron chi connectivity index (χ3n) is 5.86. The largest absolute Gasteiger partial charge is 0.489 e. The molecule has 0 unspecified atom stereocenters. The normalized spacial score (nSPS) is 18.6. The van der Waals surface area contributed by atoms with Crippen molar-refractivity contribution in [3.63, 3.8) is 0 Å². The van der Waals surface area contributed by atoms with Crippen LogP contribution in [0.2, 0.25) is 0 Å². The highest BCUT2D eigenvalue weighted by molar-refractivity contribution is 5.70. The summed E-state index contributed by atoms with van der Waals surface area (Å²) in [5.41, 5.74) is 2.20. The number of unbranched alkanes of at least 4 members (excludes halogenated alkanes) is 1. The molecule has 3 heterocycles. The van der Waals surface area contributed by atoms with Crippen LogP contribution in [0.15, 0.2) is 18.3 Å². The van der Waals surface area contributed by atoms with E-state index in [0.29, 0.717) is 36.5 Å². The molecule has 170 valence electrons. The lowest BCUT2D eigenvalue weighted by Crippen LogP contribution is -2.29. The fraction of sp³-hybridized carbons (Fsp3) is 0.571. The van der Waals surface area contributed by atoms with Gasteiger partial charge in [-0.2, -0.15) is 0 Å². The zero-order valence-corrected chi connectivity index (χ0v) is 18.4. The Morgan fingerprint density at radius 2 is 2.12 bits per heavy atom. The van der Waals surface area contributed by atoms with Crippen LogP contribution >= 0.6 is 0 Å². The first kappa shape index (κ1) is 21.8. The first-order chi connectivity index (χ1) is 15.5. The molecule has 11 nitrogen and oxygen atoms in total. The summed E-state index contributed by atoms with van der Waals surface area (Å²) in [5, 5.41) is 29.8. The van der Waals surface area contributed by atoms with Crippen molar-refractivity contribution in [2.75, 3.05) is 0 Å². The lowest BCUT2D eigenvalue weighted by Gasteiger charge is -2.27. The van der Waals surface area contributed by atoms with Crippen molar-refractivity contribution in [1.29, 1.82) is 0 Å². The average molecular weight is 441 g/mol. The molecule has 0 radical (unpaired) electrons. The Balaban J connectivity index is 1.47. The van der Waals surface area contributed by atoms with Gasteiger partial charge in [0.1, 0.15) is 11.4 Å². The van der Waals surface area contributed by atoms with E-state index < -0.39 is 5.97 Å². The number of hydrogen-bond acceptors (Lipinski definition) is 8. The summed E-state index contributed by atoms with van der Waals surface area (Å²) in [4.78, 5) is 15.8. The zero-order chi connectivity index (χ0) is 22.5. The molecule has 1 aliphatic carbocycles. The van der Waals surface area contributed by atoms with Gasteiger partial charge in [0.15, 0.2) is 5.82 Å². The second kappa shape index (κ2) is 9.84. The fourth-order valence-electron chi connectivity index (χ4n) is 4.01. The molecular weight excluding hydrogens is 412 g/mol. The highest BCUT2D eigenvalue weighted by atomic mass is 16.5. The molecule has 3 aromatic heterocycles. The summed E-state index contributed by atoms with van der Waals surface area (Å²) in [5.74, 6) is 0.374. The molecule has 2 atom stereocenters. The van der Waals surface area contributed by atoms with E-state index in [1.165, 1.54) is 0 Å². The van der Waals surface area contributed by atoms with Crippen molar-refractivity contribution in [3.05, 3.63) is 29.8 Å². The molecule has 4 rings (SSSR count). The smallest absolute Gasteiger partial charge is 0.306 e. The van der Waals surface area contributed by atoms with Gasteiger partial charge in [0.2, 0.25) is 0 Å². The summed E-state index contributed by atoms with van der Waals surface area (Å²) in [6, 6.07) is 3.69. The third-order valence-corrected chi connectivity index (χ3v) is 5.86. The van der Waals surface area contributed by atoms with Crippen LogP contribution in [0.3, 0.4) is 0 Å². The van der Waals surface area contributed by atoms with Gasteiger partial charge in [0.05, 0.1) is 36.2 Å². The van der Waals surface area contributed by atoms with Crippen LogP contribution in [0.5, 0.6) is 5.75 Å². The number of carboxylic acids is 1. The Hall–Kier alpha value is -3.37. The molecule has 0 spiro atoms. The average Bonchev–Trinajstić information content (AvgIpc) is 3.40. The number of aromatic nitrogens is 8. The van der Waals surface area contributed by atoms with Crippen molar-refractivity contribution in [2.24, 2.45) is 13.0 Å². The van der Waals surface area contributed by atoms with Gasteiger partial charge in [-0.05, 0) is 54.7 Å². The summed E-state index contributed by atoms with van der Waals surface area (Å²) < 4.78 is 9.49. The SMILES string of the molecule is CCCCc1nnnn1Cc1c(-c2ccc(O[C@H]3CCC[C@H](C(=O)O)C3)cn2)nnn1C. The van der Waals surface area contributed by atoms with Gasteiger partial charge in [-0.1, -0.05) is 18.6 Å². The maximum atomic E-state index is 11.3. The van der Waals surface area contributed by atoms with E-state index in [2.05, 4.69) is 37.7 Å². The quantitative estimate of drug-likeness (QED) is 0.532. The highest BCUT2D eigenvalue weighted by Gasteiger charge is 2.28. The molecule has 1 saturated carbocycles. The predicted molar refractivity (Wildman–Crippen MR) is 114 cm³/mol. The molecule has 0 bridgehead atoms. The third kappa shape index (κ3) is 4.92. The van der Waals surface area contributed by atoms with Crippen LogP contribution in [0.1, 0.15) is 57.0 Å². The number of hydrogen-bond donors (Lipinski definition) is 1. The predicted octanol–water partition coefficient (Wildman–Crippen LogP) is 2.28. The molecule has 1 fully saturated rings. The maximum absolute atomic E-state index is 11.3. The van der Waals surface area contributed by atoms with E-state index >= 15 is 0 Å². The Labute approximate surface area is 185 Å². The number of aliphatic carboxylic acids is 1. The number of carbonyl (C=O) groups is 1. The second-order valence-corrected chi connectivity index (χ2v) is 8.19. The van der Waals surface area contributed by atoms with Gasteiger partial charge >= 0.3 is 5.97 Å². The minimum Gasteiger partial charge on any atom is -0.489 e. The first-order valence-corrected chi connectivity index (χ1v) is 11.0. The standard InChI is InChI=1S/C21H28N8O3/c1-3-4-8-19-23-25-27-29(19)13-18-20(24-26-28(18)2)17-10-9-16(12-22-17)32-15-7-5-6-14(11-15)21(30)31/h9-10,12,14-15H,3-8,11,13H2,1-2H3,(H,30,31)/t14-,15-/m0/s1. The lowest BCUT2D eigenvalue weighted by molar-refractivity contribution is -0.143. The number of nitrogens with zero attached hydrogens (tertiary/aromatic N) is 8. The Morgan fingerprint density at radius 3 is 2.88 bits per heavy atom. The monoisotopic (exact) mass is 440 g/mol. The second-order valence-electron chi connectivity index (χ2n) is 8.19. The summed E-state index contributed by atoms with van der Waals surface area (Å²) in [7, 11) is 1.83. The number of tetrazole rings is 1. The minimum atomic E-state index is -0.748. The molecule has 0 saturated heterocycles. The summed E-state index contributed by atoms with van der Waals surface area (Å²) >= 11 is 0. The summed E-state index contributed by atoms with van der Waals surface area (Å²) in [6.45, 7) is 2.58. The number of rotatable bonds is 9. The van der Waals surface area contributed by atoms with Gasteiger partial charge in [0.25, 0.3) is 0 Å². The summed E-state index contributed by atoms with van der Waals surface area (Å²) in [6.07, 6.45) is 7.40. The van der Waals surface area contributed by atoms with Crippen molar-refractivity contribution in [1.82, 2.24) is 40.2 Å². The molecule has 1 N–H and O–H groups in total. The van der Waals surface area contributed by atoms with Gasteiger partial charge in [-0.15, -0.1) is 10.2 Å². The number of aryl methyl sites for hydroxylation is 2. The first-order valence-electron chi connectivity index (χ1n) is 11.0. The molecule has 3 aromatic rings. The lowest BCUT2D eigenvalue weighted by atomic mass is 9.87. The van der Waals surface area contributed by atoms with Crippen LogP contribution in [0.25, 0.3) is 11.4 Å². The number of pyridine rings is 1. The van der Waals surface area contributed by atoms with Gasteiger partial charge in [-0.3, -0.25) is 9.78 Å². The molecule has 0 aliphatic heterocycles. The fourth-order valence-corrected chi connectivity index (χ4v) is 4.01. The van der Waals surface area contributed by atoms with Crippen LogP contribution in [-0.2, 0) is 24.8 Å². The van der Waals surface area contributed by atoms with E-state index in [1.54, 1.807) is 15.6 Å². The van der Waals surface area contributed by atoms with Crippen LogP contribution in [-0.4, -0.2) is 57.4 Å². The van der Waals surface area contributed by atoms with Crippen LogP contribution < -0.4 is 4.74 Å². The van der Waals surface area contributed by atoms with Gasteiger partial charge in [-0.25, -0.2) is 9.36 Å². The Bertz CT molecular complexity index is 1050. The van der Waals surface area contributed by atoms with E-state index in [9.17, 15) is 9.90 Å². The molecule has 0 amide bonds. The topological polar surface area (TPSA) is 134 Å². The zero-order valence-electron chi connectivity index (χ0n) is 18.4. The van der Waals surface area contributed by atoms with E-state index in [0.717, 1.165) is 43.6 Å². The van der Waals surface area contributed by atoms with Crippen LogP contribution in [0.4, 0.5) is 0 Å². The molecule has 1 aliphatic rings. The molecule has 0 aromatic carbocycles. The van der Waals surface area contributed by atoms with Gasteiger partial charge in [0, 0.05) is 13.5 Å². The van der Waals surface area contributed by atoms with E-state index in [-0.39, 0.29) is 12.0 Å². The molecule has 32 heavy (non-hydrogen) atoms. The number of carboxylic acid groups (broad SMARTS) is 1. The number of ether oxygens (including phenoxy) is 1. The molecular formula is C21H28N8O3.